The fraction of sp³-hybridized carbons (Fsp3) is 0. The summed E-state index contributed by atoms with van der Waals surface area (Å²) in [7, 11) is 0. The molecule has 2 aromatic heterocycles. The van der Waals surface area contributed by atoms with E-state index in [1.165, 1.54) is 66.7 Å². The quantitative estimate of drug-likeness (QED) is 0.105. The van der Waals surface area contributed by atoms with Crippen molar-refractivity contribution in [1.82, 2.24) is 0 Å². The summed E-state index contributed by atoms with van der Waals surface area (Å²) in [6.07, 6.45) is 0. The Morgan fingerprint density at radius 1 is 0.265 bits per heavy atom. The molecule has 7 aromatic carbocycles. The third-order valence-electron chi connectivity index (χ3n) is 13.2. The van der Waals surface area contributed by atoms with Crippen molar-refractivity contribution in [2.45, 2.75) is 0 Å². The van der Waals surface area contributed by atoms with Crippen LogP contribution in [-0.4, -0.2) is 65.7 Å². The van der Waals surface area contributed by atoms with E-state index < -0.39 is 88.2 Å². The number of ether oxygens (including phenoxy) is 7. The molecule has 0 atom stereocenters. The highest BCUT2D eigenvalue weighted by Gasteiger charge is 2.36. The number of cyclic esters (lactones) is 11. The fourth-order valence-electron chi connectivity index (χ4n) is 9.30. The van der Waals surface area contributed by atoms with Gasteiger partial charge in [-0.3, -0.25) is 0 Å². The van der Waals surface area contributed by atoms with Gasteiger partial charge in [0.1, 0.15) is 17.3 Å². The SMILES string of the molecule is C=C1OC(=O)c2c1cccc2-c1ccc2c(c1)C(=O)OC2=O.O=C1OC(=O)c2cc(-c3ccc4c(c3)C(=O)OC4=O)ccc21.O=C1OC(=O)c2cc(Oc3ccc4c(c3)C(=O)OC4=O)ccc21.O=c1oc(=O)c2cc3c(=O)oc(=O)c3cc12. The van der Waals surface area contributed by atoms with E-state index >= 15 is 0 Å². The Bertz CT molecular complexity index is 4580. The van der Waals surface area contributed by atoms with Gasteiger partial charge in [0.25, 0.3) is 0 Å². The largest absolute Gasteiger partial charge is 0.457 e. The molecule has 0 radical (unpaired) electrons. The summed E-state index contributed by atoms with van der Waals surface area (Å²) in [5.74, 6) is -6.55. The van der Waals surface area contributed by atoms with E-state index in [9.17, 15) is 71.9 Å². The Morgan fingerprint density at radius 2 is 0.566 bits per heavy atom. The minimum atomic E-state index is -0.824. The molecule has 6 aliphatic rings. The first-order chi connectivity index (χ1) is 39.7. The van der Waals surface area contributed by atoms with Gasteiger partial charge in [-0.2, -0.15) is 0 Å². The lowest BCUT2D eigenvalue weighted by Crippen LogP contribution is -1.99. The van der Waals surface area contributed by atoms with Crippen molar-refractivity contribution < 1.29 is 94.7 Å². The highest BCUT2D eigenvalue weighted by Crippen LogP contribution is 2.38. The smallest absolute Gasteiger partial charge is 0.347 e. The van der Waals surface area contributed by atoms with Gasteiger partial charge in [-0.1, -0.05) is 43.0 Å². The van der Waals surface area contributed by atoms with Crippen molar-refractivity contribution in [3.63, 3.8) is 0 Å². The van der Waals surface area contributed by atoms with Gasteiger partial charge in [0, 0.05) is 5.56 Å². The number of fused-ring (bicyclic) bond motifs is 8. The highest BCUT2D eigenvalue weighted by atomic mass is 16.6. The van der Waals surface area contributed by atoms with Gasteiger partial charge in [0.15, 0.2) is 0 Å². The molecule has 0 aliphatic carbocycles. The summed E-state index contributed by atoms with van der Waals surface area (Å²) in [5, 5.41) is -0.0726. The molecule has 0 N–H and O–H groups in total. The molecule has 24 nitrogen and oxygen atoms in total. The van der Waals surface area contributed by atoms with Crippen LogP contribution in [0.15, 0.2) is 156 Å². The lowest BCUT2D eigenvalue weighted by Gasteiger charge is -2.06. The van der Waals surface area contributed by atoms with Crippen molar-refractivity contribution in [2.24, 2.45) is 0 Å². The van der Waals surface area contributed by atoms with Crippen molar-refractivity contribution >= 4 is 93.0 Å². The summed E-state index contributed by atoms with van der Waals surface area (Å²) < 4.78 is 41.9. The molecule has 0 saturated carbocycles. The van der Waals surface area contributed by atoms with Crippen molar-refractivity contribution in [3.05, 3.63) is 236 Å². The van der Waals surface area contributed by atoms with Crippen LogP contribution in [0, 0.1) is 0 Å². The van der Waals surface area contributed by atoms with Crippen LogP contribution in [0.4, 0.5) is 0 Å². The normalized spacial score (nSPS) is 14.6. The number of esters is 11. The average molecular weight is 1110 g/mol. The second-order valence-electron chi connectivity index (χ2n) is 18.0. The zero-order valence-electron chi connectivity index (χ0n) is 41.1. The molecule has 9 aromatic rings. The standard InChI is InChI=1S/C17H8O5.C16H6O7.C16H6O6.C10H2O6/c1-8-10-3-2-4-11(14(10)17(20)21-8)9-5-6-12-13(7-9)16(19)22-15(12)18;17-13-9-3-1-7(5-11(9)15(19)22-13)21-8-2-4-10-12(6-8)16(20)23-14(10)18;17-13-9-3-1-7(5-11(9)15(19)21-13)8-2-4-10-12(6-8)16(20)22-14(10)18;11-7-3-1-4-6(10(14)16-8(4)12)2-5(3)9(13)15-7/h2-7H,1H2;1-6H;1-6H;1-2H. The first-order valence-corrected chi connectivity index (χ1v) is 23.7. The molecule has 402 valence electrons. The maximum Gasteiger partial charge on any atom is 0.347 e. The molecule has 0 spiro atoms. The molecule has 24 heteroatoms. The van der Waals surface area contributed by atoms with E-state index in [2.05, 4.69) is 39.1 Å². The third-order valence-corrected chi connectivity index (χ3v) is 13.2. The average Bonchev–Trinajstić information content (AvgIpc) is 3.86. The number of carbonyl (C=O) groups excluding carboxylic acids is 11. The minimum absolute atomic E-state index is 0.0181. The number of rotatable bonds is 4. The first kappa shape index (κ1) is 51.3. The monoisotopic (exact) mass is 1110 g/mol. The van der Waals surface area contributed by atoms with Crippen molar-refractivity contribution in [2.75, 3.05) is 0 Å². The van der Waals surface area contributed by atoms with Crippen molar-refractivity contribution in [3.8, 4) is 33.8 Å². The van der Waals surface area contributed by atoms with Crippen LogP contribution >= 0.6 is 0 Å². The van der Waals surface area contributed by atoms with Crippen LogP contribution in [0.25, 0.3) is 49.6 Å². The van der Waals surface area contributed by atoms with Crippen LogP contribution in [0.1, 0.15) is 120 Å². The fourth-order valence-corrected chi connectivity index (χ4v) is 9.30. The van der Waals surface area contributed by atoms with Gasteiger partial charge in [-0.05, 0) is 107 Å². The molecule has 15 rings (SSSR count). The molecule has 83 heavy (non-hydrogen) atoms. The predicted octanol–water partition coefficient (Wildman–Crippen LogP) is 6.38. The van der Waals surface area contributed by atoms with Crippen LogP contribution in [-0.2, 0) is 28.4 Å². The Labute approximate surface area is 456 Å². The Morgan fingerprint density at radius 3 is 0.940 bits per heavy atom. The number of hydrogen-bond donors (Lipinski definition) is 0. The minimum Gasteiger partial charge on any atom is -0.457 e. The van der Waals surface area contributed by atoms with Crippen LogP contribution in [0.2, 0.25) is 0 Å². The van der Waals surface area contributed by atoms with Gasteiger partial charge in [0.2, 0.25) is 0 Å². The molecule has 6 aliphatic heterocycles. The first-order valence-electron chi connectivity index (χ1n) is 23.7. The van der Waals surface area contributed by atoms with Gasteiger partial charge >= 0.3 is 88.2 Å². The third kappa shape index (κ3) is 8.73. The topological polar surface area (TPSA) is 347 Å². The predicted molar refractivity (Wildman–Crippen MR) is 273 cm³/mol. The Balaban J connectivity index is 0.000000110. The Kier molecular flexibility index (Phi) is 11.8. The molecule has 0 amide bonds. The van der Waals surface area contributed by atoms with E-state index in [1.807, 2.05) is 0 Å². The van der Waals surface area contributed by atoms with Gasteiger partial charge in [-0.25, -0.2) is 71.9 Å². The summed E-state index contributed by atoms with van der Waals surface area (Å²) >= 11 is 0. The second-order valence-corrected chi connectivity index (χ2v) is 18.0. The van der Waals surface area contributed by atoms with Crippen LogP contribution in [0.3, 0.4) is 0 Å². The molecular formula is C59H22O24. The zero-order chi connectivity index (χ0) is 58.4. The molecule has 0 saturated heterocycles. The molecule has 8 heterocycles. The van der Waals surface area contributed by atoms with Gasteiger partial charge in [0.05, 0.1) is 82.7 Å². The second kappa shape index (κ2) is 19.2. The molecular weight excluding hydrogens is 1090 g/mol. The van der Waals surface area contributed by atoms with Crippen LogP contribution in [0.5, 0.6) is 11.5 Å². The van der Waals surface area contributed by atoms with Gasteiger partial charge in [-0.15, -0.1) is 0 Å². The molecule has 0 unspecified atom stereocenters. The van der Waals surface area contributed by atoms with E-state index in [0.29, 0.717) is 39.1 Å². The number of carbonyl (C=O) groups is 11. The lowest BCUT2D eigenvalue weighted by molar-refractivity contribution is 0.0425. The summed E-state index contributed by atoms with van der Waals surface area (Å²) in [6, 6.07) is 30.2. The van der Waals surface area contributed by atoms with Crippen LogP contribution < -0.4 is 27.2 Å². The number of benzene rings is 7. The van der Waals surface area contributed by atoms with Crippen molar-refractivity contribution in [1.29, 1.82) is 0 Å². The van der Waals surface area contributed by atoms with E-state index in [1.54, 1.807) is 42.5 Å². The zero-order valence-corrected chi connectivity index (χ0v) is 41.1. The lowest BCUT2D eigenvalue weighted by atomic mass is 9.94. The Hall–Kier alpha value is -12.5. The van der Waals surface area contributed by atoms with E-state index in [4.69, 9.17) is 9.47 Å². The maximum absolute atomic E-state index is 12.0. The molecule has 0 bridgehead atoms. The summed E-state index contributed by atoms with van der Waals surface area (Å²) in [4.78, 5) is 172. The van der Waals surface area contributed by atoms with E-state index in [-0.39, 0.29) is 88.7 Å². The van der Waals surface area contributed by atoms with Gasteiger partial charge < -0.3 is 42.0 Å². The molecule has 0 fully saturated rings. The number of furan rings is 2. The summed E-state index contributed by atoms with van der Waals surface area (Å²) in [6.45, 7) is 3.70. The number of hydrogen-bond acceptors (Lipinski definition) is 24. The summed E-state index contributed by atoms with van der Waals surface area (Å²) in [5.41, 5.74) is 2.03. The maximum atomic E-state index is 12.0. The van der Waals surface area contributed by atoms with E-state index in [0.717, 1.165) is 12.1 Å². The highest BCUT2D eigenvalue weighted by molar-refractivity contribution is 6.19.